The molecule has 1 aliphatic heterocycles. The second kappa shape index (κ2) is 8.46. The Morgan fingerprint density at radius 2 is 1.79 bits per heavy atom. The molecule has 0 saturated carbocycles. The molecule has 1 aliphatic rings. The summed E-state index contributed by atoms with van der Waals surface area (Å²) in [5.41, 5.74) is 3.00. The van der Waals surface area contributed by atoms with Crippen LogP contribution in [0.25, 0.3) is 0 Å². The summed E-state index contributed by atoms with van der Waals surface area (Å²) in [6.45, 7) is 5.88. The Bertz CT molecular complexity index is 850. The Labute approximate surface area is 166 Å². The molecule has 7 heteroatoms. The molecule has 1 aromatic heterocycles. The summed E-state index contributed by atoms with van der Waals surface area (Å²) in [5.74, 6) is 0.0101. The molecule has 0 aliphatic carbocycles. The molecule has 0 fully saturated rings. The van der Waals surface area contributed by atoms with Gasteiger partial charge in [-0.15, -0.1) is 0 Å². The zero-order chi connectivity index (χ0) is 20.3. The van der Waals surface area contributed by atoms with Gasteiger partial charge in [0.25, 0.3) is 11.8 Å². The van der Waals surface area contributed by atoms with Crippen molar-refractivity contribution in [2.45, 2.75) is 39.7 Å². The van der Waals surface area contributed by atoms with E-state index in [9.17, 15) is 9.59 Å². The zero-order valence-electron chi connectivity index (χ0n) is 17.2. The van der Waals surface area contributed by atoms with E-state index in [0.29, 0.717) is 30.3 Å². The summed E-state index contributed by atoms with van der Waals surface area (Å²) in [5, 5.41) is 2.93. The minimum Gasteiger partial charge on any atom is -0.378 e. The Morgan fingerprint density at radius 3 is 2.39 bits per heavy atom. The van der Waals surface area contributed by atoms with Gasteiger partial charge in [-0.2, -0.15) is 0 Å². The van der Waals surface area contributed by atoms with E-state index in [1.165, 1.54) is 0 Å². The number of benzene rings is 1. The first-order chi connectivity index (χ1) is 13.5. The first-order valence-corrected chi connectivity index (χ1v) is 9.93. The summed E-state index contributed by atoms with van der Waals surface area (Å²) < 4.78 is 1.94. The SMILES string of the molecule is CCN(CC)C(=O)c1nc(C(=O)Nc2ccc(N(C)C)cc2)c2n1CCCC2. The molecule has 7 nitrogen and oxygen atoms in total. The van der Waals surface area contributed by atoms with E-state index in [2.05, 4.69) is 10.3 Å². The lowest BCUT2D eigenvalue weighted by Crippen LogP contribution is -2.33. The number of amides is 2. The van der Waals surface area contributed by atoms with Gasteiger partial charge in [-0.3, -0.25) is 9.59 Å². The number of anilines is 2. The third kappa shape index (κ3) is 3.88. The van der Waals surface area contributed by atoms with Crippen LogP contribution < -0.4 is 10.2 Å². The first kappa shape index (κ1) is 19.9. The fraction of sp³-hybridized carbons (Fsp3) is 0.476. The van der Waals surface area contributed by atoms with E-state index in [0.717, 1.165) is 37.2 Å². The smallest absolute Gasteiger partial charge is 0.289 e. The molecule has 1 aromatic carbocycles. The molecule has 1 N–H and O–H groups in total. The maximum absolute atomic E-state index is 12.9. The predicted molar refractivity (Wildman–Crippen MR) is 111 cm³/mol. The lowest BCUT2D eigenvalue weighted by Gasteiger charge is -2.21. The number of carbonyl (C=O) groups is 2. The van der Waals surface area contributed by atoms with Crippen molar-refractivity contribution in [3.8, 4) is 0 Å². The quantitative estimate of drug-likeness (QED) is 0.832. The van der Waals surface area contributed by atoms with E-state index >= 15 is 0 Å². The van der Waals surface area contributed by atoms with Crippen LogP contribution in [0.4, 0.5) is 11.4 Å². The first-order valence-electron chi connectivity index (χ1n) is 9.93. The summed E-state index contributed by atoms with van der Waals surface area (Å²) in [6, 6.07) is 7.65. The van der Waals surface area contributed by atoms with E-state index in [4.69, 9.17) is 0 Å². The molecule has 150 valence electrons. The molecule has 2 heterocycles. The maximum Gasteiger partial charge on any atom is 0.289 e. The van der Waals surface area contributed by atoms with Crippen molar-refractivity contribution in [1.29, 1.82) is 0 Å². The molecule has 0 bridgehead atoms. The van der Waals surface area contributed by atoms with Crippen LogP contribution >= 0.6 is 0 Å². The van der Waals surface area contributed by atoms with Gasteiger partial charge in [-0.05, 0) is 57.4 Å². The van der Waals surface area contributed by atoms with E-state index in [1.54, 1.807) is 4.90 Å². The molecule has 0 unspecified atom stereocenters. The molecule has 0 radical (unpaired) electrons. The summed E-state index contributed by atoms with van der Waals surface area (Å²) in [4.78, 5) is 34.1. The molecule has 0 spiro atoms. The monoisotopic (exact) mass is 383 g/mol. The molecule has 2 amide bonds. The van der Waals surface area contributed by atoms with Gasteiger partial charge < -0.3 is 19.7 Å². The molecule has 3 rings (SSSR count). The van der Waals surface area contributed by atoms with Crippen molar-refractivity contribution in [3.05, 3.63) is 41.5 Å². The van der Waals surface area contributed by atoms with Gasteiger partial charge in [0.15, 0.2) is 11.5 Å². The Kier molecular flexibility index (Phi) is 6.02. The van der Waals surface area contributed by atoms with Crippen LogP contribution in [0.1, 0.15) is 53.5 Å². The molecule has 2 aromatic rings. The fourth-order valence-corrected chi connectivity index (χ4v) is 3.57. The molecule has 0 atom stereocenters. The van der Waals surface area contributed by atoms with Crippen LogP contribution in [-0.2, 0) is 13.0 Å². The summed E-state index contributed by atoms with van der Waals surface area (Å²) in [7, 11) is 3.94. The van der Waals surface area contributed by atoms with Gasteiger partial charge in [0.2, 0.25) is 0 Å². The van der Waals surface area contributed by atoms with Gasteiger partial charge in [0, 0.05) is 45.1 Å². The Hall–Kier alpha value is -2.83. The largest absolute Gasteiger partial charge is 0.378 e. The van der Waals surface area contributed by atoms with Crippen LogP contribution in [0, 0.1) is 0 Å². The van der Waals surface area contributed by atoms with E-state index < -0.39 is 0 Å². The van der Waals surface area contributed by atoms with Gasteiger partial charge in [-0.25, -0.2) is 4.98 Å². The molecule has 28 heavy (non-hydrogen) atoms. The number of rotatable bonds is 6. The fourth-order valence-electron chi connectivity index (χ4n) is 3.57. The van der Waals surface area contributed by atoms with Gasteiger partial charge in [-0.1, -0.05) is 0 Å². The number of fused-ring (bicyclic) bond motifs is 1. The van der Waals surface area contributed by atoms with Crippen molar-refractivity contribution in [2.24, 2.45) is 0 Å². The number of hydrogen-bond acceptors (Lipinski definition) is 4. The number of carbonyl (C=O) groups excluding carboxylic acids is 2. The highest BCUT2D eigenvalue weighted by Crippen LogP contribution is 2.23. The van der Waals surface area contributed by atoms with Crippen LogP contribution in [0.5, 0.6) is 0 Å². The highest BCUT2D eigenvalue weighted by Gasteiger charge is 2.29. The van der Waals surface area contributed by atoms with Crippen LogP contribution in [0.15, 0.2) is 24.3 Å². The van der Waals surface area contributed by atoms with Crippen molar-refractivity contribution in [2.75, 3.05) is 37.4 Å². The standard InChI is InChI=1S/C21H29N5O2/c1-5-25(6-2)21(28)19-23-18(17-9-7-8-14-26(17)19)20(27)22-15-10-12-16(13-11-15)24(3)4/h10-13H,5-9,14H2,1-4H3,(H,22,27). The number of hydrogen-bond donors (Lipinski definition) is 1. The average molecular weight is 383 g/mol. The van der Waals surface area contributed by atoms with Gasteiger partial charge in [0.1, 0.15) is 0 Å². The zero-order valence-corrected chi connectivity index (χ0v) is 17.2. The molecule has 0 saturated heterocycles. The third-order valence-corrected chi connectivity index (χ3v) is 5.22. The van der Waals surface area contributed by atoms with E-state index in [1.807, 2.05) is 61.7 Å². The minimum absolute atomic E-state index is 0.109. The second-order valence-corrected chi connectivity index (χ2v) is 7.21. The lowest BCUT2D eigenvalue weighted by atomic mass is 10.1. The third-order valence-electron chi connectivity index (χ3n) is 5.22. The maximum atomic E-state index is 12.9. The highest BCUT2D eigenvalue weighted by atomic mass is 16.2. The van der Waals surface area contributed by atoms with E-state index in [-0.39, 0.29) is 11.8 Å². The Morgan fingerprint density at radius 1 is 1.11 bits per heavy atom. The molecular weight excluding hydrogens is 354 g/mol. The predicted octanol–water partition coefficient (Wildman–Crippen LogP) is 3.02. The Balaban J connectivity index is 1.88. The average Bonchev–Trinajstić information content (AvgIpc) is 3.09. The number of nitrogens with one attached hydrogen (secondary N) is 1. The number of imidazole rings is 1. The van der Waals surface area contributed by atoms with Crippen molar-refractivity contribution < 1.29 is 9.59 Å². The van der Waals surface area contributed by atoms with Crippen LogP contribution in [-0.4, -0.2) is 53.5 Å². The highest BCUT2D eigenvalue weighted by molar-refractivity contribution is 6.05. The van der Waals surface area contributed by atoms with Crippen molar-refractivity contribution in [3.63, 3.8) is 0 Å². The lowest BCUT2D eigenvalue weighted by molar-refractivity contribution is 0.0754. The van der Waals surface area contributed by atoms with Crippen molar-refractivity contribution >= 4 is 23.2 Å². The number of aromatic nitrogens is 2. The second-order valence-electron chi connectivity index (χ2n) is 7.21. The van der Waals surface area contributed by atoms with Gasteiger partial charge in [0.05, 0.1) is 5.69 Å². The van der Waals surface area contributed by atoms with Crippen LogP contribution in [0.3, 0.4) is 0 Å². The summed E-state index contributed by atoms with van der Waals surface area (Å²) in [6.07, 6.45) is 2.76. The molecular formula is C21H29N5O2. The number of nitrogens with zero attached hydrogens (tertiary/aromatic N) is 4. The summed E-state index contributed by atoms with van der Waals surface area (Å²) >= 11 is 0. The normalized spacial score (nSPS) is 13.0. The van der Waals surface area contributed by atoms with Gasteiger partial charge >= 0.3 is 0 Å². The minimum atomic E-state index is -0.262. The topological polar surface area (TPSA) is 70.5 Å². The van der Waals surface area contributed by atoms with Crippen LogP contribution in [0.2, 0.25) is 0 Å². The van der Waals surface area contributed by atoms with Crippen molar-refractivity contribution in [1.82, 2.24) is 14.5 Å².